The maximum absolute atomic E-state index is 12.5. The summed E-state index contributed by atoms with van der Waals surface area (Å²) in [6, 6.07) is 9.23. The van der Waals surface area contributed by atoms with E-state index in [2.05, 4.69) is 31.3 Å². The van der Waals surface area contributed by atoms with Crippen molar-refractivity contribution in [3.05, 3.63) is 51.9 Å². The number of nitriles is 1. The Bertz CT molecular complexity index is 768. The highest BCUT2D eigenvalue weighted by Crippen LogP contribution is 2.23. The number of hydrogen-bond acceptors (Lipinski definition) is 5. The van der Waals surface area contributed by atoms with Crippen LogP contribution in [0.3, 0.4) is 0 Å². The Labute approximate surface area is 149 Å². The van der Waals surface area contributed by atoms with Gasteiger partial charge in [0.05, 0.1) is 4.47 Å². The first-order valence-corrected chi connectivity index (χ1v) is 8.28. The van der Waals surface area contributed by atoms with Crippen molar-refractivity contribution in [2.75, 3.05) is 11.6 Å². The number of halogens is 1. The fourth-order valence-electron chi connectivity index (χ4n) is 2.04. The molecule has 1 aromatic carbocycles. The van der Waals surface area contributed by atoms with Crippen molar-refractivity contribution in [3.63, 3.8) is 0 Å². The first kappa shape index (κ1) is 17.9. The van der Waals surface area contributed by atoms with E-state index in [0.717, 1.165) is 5.56 Å². The highest BCUT2D eigenvalue weighted by Gasteiger charge is 2.18. The summed E-state index contributed by atoms with van der Waals surface area (Å²) in [5.41, 5.74) is 4.50. The van der Waals surface area contributed by atoms with Gasteiger partial charge in [0.2, 0.25) is 5.82 Å². The minimum Gasteiger partial charge on any atom is -0.267 e. The molecule has 0 radical (unpaired) electrons. The number of aryl methyl sites for hydroxylation is 1. The van der Waals surface area contributed by atoms with Crippen LogP contribution in [0, 0.1) is 24.2 Å². The van der Waals surface area contributed by atoms with Crippen LogP contribution in [0.1, 0.15) is 35.6 Å². The number of nitrogens with one attached hydrogen (secondary N) is 1. The van der Waals surface area contributed by atoms with Gasteiger partial charge in [-0.15, -0.1) is 0 Å². The largest absolute Gasteiger partial charge is 0.269 e. The molecule has 0 aliphatic heterocycles. The van der Waals surface area contributed by atoms with Gasteiger partial charge in [0.15, 0.2) is 5.82 Å². The van der Waals surface area contributed by atoms with Gasteiger partial charge in [0, 0.05) is 18.3 Å². The molecule has 0 saturated carbocycles. The van der Waals surface area contributed by atoms with Crippen molar-refractivity contribution in [2.24, 2.45) is 5.92 Å². The molecule has 124 valence electrons. The van der Waals surface area contributed by atoms with Gasteiger partial charge in [0.25, 0.3) is 5.91 Å². The number of aromatic nitrogens is 2. The van der Waals surface area contributed by atoms with Gasteiger partial charge in [-0.2, -0.15) is 10.2 Å². The van der Waals surface area contributed by atoms with Crippen molar-refractivity contribution >= 4 is 27.7 Å². The van der Waals surface area contributed by atoms with Gasteiger partial charge in [0.1, 0.15) is 6.07 Å². The van der Waals surface area contributed by atoms with E-state index in [4.69, 9.17) is 5.26 Å². The molecule has 0 spiro atoms. The number of hydrazine groups is 1. The second kappa shape index (κ2) is 7.88. The molecule has 1 amide bonds. The zero-order valence-electron chi connectivity index (χ0n) is 13.7. The zero-order chi connectivity index (χ0) is 17.7. The Morgan fingerprint density at radius 3 is 2.62 bits per heavy atom. The molecule has 6 nitrogen and oxygen atoms in total. The minimum absolute atomic E-state index is 0.0477. The molecule has 0 fully saturated rings. The number of hydrogen-bond donors (Lipinski definition) is 1. The van der Waals surface area contributed by atoms with Gasteiger partial charge in [-0.25, -0.2) is 4.98 Å². The highest BCUT2D eigenvalue weighted by atomic mass is 79.9. The van der Waals surface area contributed by atoms with E-state index in [1.54, 1.807) is 17.1 Å². The molecule has 0 aliphatic carbocycles. The number of carbonyl (C=O) groups excluding carboxylic acids is 1. The van der Waals surface area contributed by atoms with E-state index in [-0.39, 0.29) is 17.6 Å². The summed E-state index contributed by atoms with van der Waals surface area (Å²) in [5, 5.41) is 10.6. The van der Waals surface area contributed by atoms with E-state index in [1.807, 2.05) is 39.0 Å². The van der Waals surface area contributed by atoms with Crippen molar-refractivity contribution < 1.29 is 4.79 Å². The quantitative estimate of drug-likeness (QED) is 0.796. The van der Waals surface area contributed by atoms with E-state index < -0.39 is 0 Å². The number of carbonyl (C=O) groups is 1. The lowest BCUT2D eigenvalue weighted by Crippen LogP contribution is -2.45. The van der Waals surface area contributed by atoms with E-state index in [9.17, 15) is 4.79 Å². The molecule has 1 N–H and O–H groups in total. The highest BCUT2D eigenvalue weighted by molar-refractivity contribution is 9.10. The second-order valence-corrected chi connectivity index (χ2v) is 6.64. The summed E-state index contributed by atoms with van der Waals surface area (Å²) >= 11 is 3.38. The van der Waals surface area contributed by atoms with Crippen LogP contribution in [-0.4, -0.2) is 22.4 Å². The summed E-state index contributed by atoms with van der Waals surface area (Å²) in [5.74, 6) is 0.539. The van der Waals surface area contributed by atoms with Crippen LogP contribution in [0.15, 0.2) is 34.9 Å². The van der Waals surface area contributed by atoms with Crippen LogP contribution < -0.4 is 10.4 Å². The minimum atomic E-state index is -0.236. The molecule has 2 rings (SSSR count). The number of amides is 1. The van der Waals surface area contributed by atoms with Gasteiger partial charge in [-0.05, 0) is 40.9 Å². The molecule has 0 bridgehead atoms. The van der Waals surface area contributed by atoms with Gasteiger partial charge >= 0.3 is 0 Å². The first-order valence-electron chi connectivity index (χ1n) is 7.48. The number of anilines is 1. The van der Waals surface area contributed by atoms with Crippen molar-refractivity contribution in [2.45, 2.75) is 20.8 Å². The zero-order valence-corrected chi connectivity index (χ0v) is 15.3. The Morgan fingerprint density at radius 2 is 2.04 bits per heavy atom. The Kier molecular flexibility index (Phi) is 5.88. The molecule has 0 aliphatic rings. The van der Waals surface area contributed by atoms with E-state index in [1.165, 1.54) is 6.20 Å². The van der Waals surface area contributed by atoms with E-state index in [0.29, 0.717) is 22.4 Å². The number of benzene rings is 1. The van der Waals surface area contributed by atoms with Crippen molar-refractivity contribution in [1.82, 2.24) is 15.4 Å². The summed E-state index contributed by atoms with van der Waals surface area (Å²) < 4.78 is 0.603. The maximum atomic E-state index is 12.5. The van der Waals surface area contributed by atoms with Crippen LogP contribution in [0.4, 0.5) is 5.82 Å². The molecule has 0 unspecified atom stereocenters. The number of nitrogens with zero attached hydrogens (tertiary/aromatic N) is 4. The summed E-state index contributed by atoms with van der Waals surface area (Å²) in [7, 11) is 0. The molecule has 0 saturated heterocycles. The molecule has 1 heterocycles. The third-order valence-corrected chi connectivity index (χ3v) is 3.74. The lowest BCUT2D eigenvalue weighted by atomic mass is 10.1. The summed E-state index contributed by atoms with van der Waals surface area (Å²) in [6.07, 6.45) is 1.51. The van der Waals surface area contributed by atoms with Crippen LogP contribution in [-0.2, 0) is 0 Å². The topological polar surface area (TPSA) is 81.9 Å². The third-order valence-electron chi connectivity index (χ3n) is 3.18. The van der Waals surface area contributed by atoms with Crippen LogP contribution >= 0.6 is 15.9 Å². The Balaban J connectivity index is 2.30. The lowest BCUT2D eigenvalue weighted by Gasteiger charge is -2.26. The Hall–Kier alpha value is -2.46. The average molecular weight is 388 g/mol. The average Bonchev–Trinajstić information content (AvgIpc) is 2.55. The third kappa shape index (κ3) is 4.52. The second-order valence-electron chi connectivity index (χ2n) is 5.79. The molecule has 1 aromatic heterocycles. The van der Waals surface area contributed by atoms with Gasteiger partial charge in [-0.1, -0.05) is 31.5 Å². The van der Waals surface area contributed by atoms with Crippen LogP contribution in [0.5, 0.6) is 0 Å². The first-order chi connectivity index (χ1) is 11.4. The predicted octanol–water partition coefficient (Wildman–Crippen LogP) is 3.23. The molecule has 7 heteroatoms. The van der Waals surface area contributed by atoms with Crippen LogP contribution in [0.2, 0.25) is 0 Å². The predicted molar refractivity (Wildman–Crippen MR) is 95.3 cm³/mol. The molecule has 24 heavy (non-hydrogen) atoms. The standard InChI is InChI=1S/C17H18BrN5O/c1-11(2)10-23(16-14(18)9-20-15(8-19)21-16)22-17(24)13-6-4-12(3)5-7-13/h4-7,9,11H,10H2,1-3H3,(H,22,24). The van der Waals surface area contributed by atoms with Crippen molar-refractivity contribution in [1.29, 1.82) is 5.26 Å². The van der Waals surface area contributed by atoms with Gasteiger partial charge in [-0.3, -0.25) is 15.2 Å². The normalized spacial score (nSPS) is 10.3. The Morgan fingerprint density at radius 1 is 1.38 bits per heavy atom. The van der Waals surface area contributed by atoms with Gasteiger partial charge < -0.3 is 0 Å². The van der Waals surface area contributed by atoms with Crippen LogP contribution in [0.25, 0.3) is 0 Å². The SMILES string of the molecule is Cc1ccc(C(=O)NN(CC(C)C)c2nc(C#N)ncc2Br)cc1. The summed E-state index contributed by atoms with van der Waals surface area (Å²) in [4.78, 5) is 20.6. The monoisotopic (exact) mass is 387 g/mol. The fraction of sp³-hybridized carbons (Fsp3) is 0.294. The number of rotatable bonds is 5. The molecular formula is C17H18BrN5O. The molecule has 2 aromatic rings. The summed E-state index contributed by atoms with van der Waals surface area (Å²) in [6.45, 7) is 6.57. The molecule has 0 atom stereocenters. The smallest absolute Gasteiger partial charge is 0.267 e. The maximum Gasteiger partial charge on any atom is 0.269 e. The van der Waals surface area contributed by atoms with E-state index >= 15 is 0 Å². The van der Waals surface area contributed by atoms with Crippen molar-refractivity contribution in [3.8, 4) is 6.07 Å². The fourth-order valence-corrected chi connectivity index (χ4v) is 2.45. The lowest BCUT2D eigenvalue weighted by molar-refractivity contribution is 0.0947. The molecular weight excluding hydrogens is 370 g/mol.